The Hall–Kier alpha value is -0.550. The van der Waals surface area contributed by atoms with Crippen molar-refractivity contribution in [1.82, 2.24) is 14.8 Å². The molecule has 0 fully saturated rings. The van der Waals surface area contributed by atoms with Crippen LogP contribution in [0.5, 0.6) is 0 Å². The number of aliphatic hydroxyl groups excluding tert-OH is 1. The van der Waals surface area contributed by atoms with Crippen LogP contribution in [-0.4, -0.2) is 38.0 Å². The molecule has 0 saturated carbocycles. The van der Waals surface area contributed by atoms with Gasteiger partial charge in [0.05, 0.1) is 6.10 Å². The smallest absolute Gasteiger partial charge is 0.138 e. The van der Waals surface area contributed by atoms with Gasteiger partial charge in [0.2, 0.25) is 0 Å². The van der Waals surface area contributed by atoms with Crippen molar-refractivity contribution in [2.75, 3.05) is 12.0 Å². The SMILES string of the molecule is CCCn1ncnc1CC(O)CCSC. The minimum absolute atomic E-state index is 0.294. The number of nitrogens with zero attached hydrogens (tertiary/aromatic N) is 3. The predicted molar refractivity (Wildman–Crippen MR) is 63.0 cm³/mol. The molecule has 1 unspecified atom stereocenters. The van der Waals surface area contributed by atoms with Gasteiger partial charge in [0.25, 0.3) is 0 Å². The van der Waals surface area contributed by atoms with Crippen LogP contribution in [0.4, 0.5) is 0 Å². The van der Waals surface area contributed by atoms with Gasteiger partial charge in [-0.1, -0.05) is 6.92 Å². The molecule has 1 aromatic heterocycles. The first-order valence-corrected chi connectivity index (χ1v) is 6.71. The molecule has 0 aliphatic heterocycles. The van der Waals surface area contributed by atoms with E-state index in [2.05, 4.69) is 17.0 Å². The standard InChI is InChI=1S/C10H19N3OS/c1-3-5-13-10(11-8-12-13)7-9(14)4-6-15-2/h8-9,14H,3-7H2,1-2H3. The van der Waals surface area contributed by atoms with E-state index >= 15 is 0 Å². The molecule has 0 bridgehead atoms. The van der Waals surface area contributed by atoms with Crippen molar-refractivity contribution >= 4 is 11.8 Å². The Balaban J connectivity index is 2.44. The number of aryl methyl sites for hydroxylation is 1. The van der Waals surface area contributed by atoms with Crippen LogP contribution >= 0.6 is 11.8 Å². The molecule has 15 heavy (non-hydrogen) atoms. The van der Waals surface area contributed by atoms with Crippen LogP contribution < -0.4 is 0 Å². The number of aromatic nitrogens is 3. The van der Waals surface area contributed by atoms with E-state index in [1.165, 1.54) is 0 Å². The molecule has 1 aromatic rings. The van der Waals surface area contributed by atoms with Crippen LogP contribution in [-0.2, 0) is 13.0 Å². The maximum atomic E-state index is 9.75. The first kappa shape index (κ1) is 12.5. The van der Waals surface area contributed by atoms with Crippen LogP contribution in [0.25, 0.3) is 0 Å². The number of hydrogen-bond donors (Lipinski definition) is 1. The van der Waals surface area contributed by atoms with Crippen LogP contribution in [0.1, 0.15) is 25.6 Å². The predicted octanol–water partition coefficient (Wildman–Crippen LogP) is 1.34. The van der Waals surface area contributed by atoms with Gasteiger partial charge in [-0.2, -0.15) is 16.9 Å². The third-order valence-corrected chi connectivity index (χ3v) is 2.85. The van der Waals surface area contributed by atoms with Crippen LogP contribution in [0, 0.1) is 0 Å². The maximum absolute atomic E-state index is 9.75. The normalized spacial score (nSPS) is 13.0. The van der Waals surface area contributed by atoms with Gasteiger partial charge in [-0.15, -0.1) is 0 Å². The minimum Gasteiger partial charge on any atom is -0.393 e. The summed E-state index contributed by atoms with van der Waals surface area (Å²) in [5.41, 5.74) is 0. The summed E-state index contributed by atoms with van der Waals surface area (Å²) in [4.78, 5) is 4.17. The molecule has 0 spiro atoms. The Labute approximate surface area is 95.1 Å². The van der Waals surface area contributed by atoms with E-state index in [0.717, 1.165) is 31.0 Å². The van der Waals surface area contributed by atoms with Crippen LogP contribution in [0.15, 0.2) is 6.33 Å². The first-order valence-electron chi connectivity index (χ1n) is 5.31. The van der Waals surface area contributed by atoms with E-state index in [-0.39, 0.29) is 6.10 Å². The van der Waals surface area contributed by atoms with E-state index in [1.807, 2.05) is 10.9 Å². The molecule has 4 nitrogen and oxygen atoms in total. The van der Waals surface area contributed by atoms with Crippen molar-refractivity contribution < 1.29 is 5.11 Å². The lowest BCUT2D eigenvalue weighted by Gasteiger charge is -2.09. The van der Waals surface area contributed by atoms with Crippen molar-refractivity contribution in [3.05, 3.63) is 12.2 Å². The van der Waals surface area contributed by atoms with Crippen molar-refractivity contribution in [2.24, 2.45) is 0 Å². The fourth-order valence-electron chi connectivity index (χ4n) is 1.41. The van der Waals surface area contributed by atoms with Gasteiger partial charge in [0, 0.05) is 13.0 Å². The molecule has 86 valence electrons. The summed E-state index contributed by atoms with van der Waals surface area (Å²) in [6, 6.07) is 0. The molecule has 0 aliphatic rings. The summed E-state index contributed by atoms with van der Waals surface area (Å²) in [6.45, 7) is 2.99. The third-order valence-electron chi connectivity index (χ3n) is 2.20. The Morgan fingerprint density at radius 1 is 1.60 bits per heavy atom. The van der Waals surface area contributed by atoms with Crippen LogP contribution in [0.3, 0.4) is 0 Å². The fourth-order valence-corrected chi connectivity index (χ4v) is 1.92. The van der Waals surface area contributed by atoms with Gasteiger partial charge in [-0.05, 0) is 24.9 Å². The summed E-state index contributed by atoms with van der Waals surface area (Å²) in [6.07, 6.45) is 5.79. The van der Waals surface area contributed by atoms with E-state index in [0.29, 0.717) is 6.42 Å². The molecule has 0 aromatic carbocycles. The van der Waals surface area contributed by atoms with Gasteiger partial charge < -0.3 is 5.11 Å². The van der Waals surface area contributed by atoms with Gasteiger partial charge in [0.1, 0.15) is 12.2 Å². The highest BCUT2D eigenvalue weighted by molar-refractivity contribution is 7.98. The molecule has 5 heteroatoms. The first-order chi connectivity index (χ1) is 7.27. The van der Waals surface area contributed by atoms with Crippen molar-refractivity contribution in [3.63, 3.8) is 0 Å². The molecule has 0 aliphatic carbocycles. The Morgan fingerprint density at radius 3 is 3.07 bits per heavy atom. The summed E-state index contributed by atoms with van der Waals surface area (Å²) in [5, 5.41) is 13.9. The number of hydrogen-bond acceptors (Lipinski definition) is 4. The Bertz CT molecular complexity index is 277. The molecular formula is C10H19N3OS. The number of thioether (sulfide) groups is 1. The van der Waals surface area contributed by atoms with Crippen molar-refractivity contribution in [2.45, 2.75) is 38.8 Å². The molecular weight excluding hydrogens is 210 g/mol. The highest BCUT2D eigenvalue weighted by atomic mass is 32.2. The Morgan fingerprint density at radius 2 is 2.40 bits per heavy atom. The van der Waals surface area contributed by atoms with Gasteiger partial charge in [0.15, 0.2) is 0 Å². The largest absolute Gasteiger partial charge is 0.393 e. The molecule has 0 amide bonds. The third kappa shape index (κ3) is 4.22. The maximum Gasteiger partial charge on any atom is 0.138 e. The average Bonchev–Trinajstić information content (AvgIpc) is 2.63. The monoisotopic (exact) mass is 229 g/mol. The van der Waals surface area contributed by atoms with E-state index in [4.69, 9.17) is 0 Å². The molecule has 1 heterocycles. The lowest BCUT2D eigenvalue weighted by atomic mass is 10.2. The lowest BCUT2D eigenvalue weighted by Crippen LogP contribution is -2.16. The molecule has 1 atom stereocenters. The highest BCUT2D eigenvalue weighted by Crippen LogP contribution is 2.06. The summed E-state index contributed by atoms with van der Waals surface area (Å²) in [7, 11) is 0. The zero-order valence-electron chi connectivity index (χ0n) is 9.39. The van der Waals surface area contributed by atoms with Crippen molar-refractivity contribution in [1.29, 1.82) is 0 Å². The summed E-state index contributed by atoms with van der Waals surface area (Å²) in [5.74, 6) is 1.88. The second kappa shape index (κ2) is 6.85. The van der Waals surface area contributed by atoms with Crippen molar-refractivity contribution in [3.8, 4) is 0 Å². The highest BCUT2D eigenvalue weighted by Gasteiger charge is 2.10. The molecule has 1 rings (SSSR count). The molecule has 1 N–H and O–H groups in total. The number of rotatable bonds is 7. The second-order valence-corrected chi connectivity index (χ2v) is 4.52. The average molecular weight is 229 g/mol. The molecule has 0 saturated heterocycles. The van der Waals surface area contributed by atoms with Gasteiger partial charge in [-0.3, -0.25) is 4.68 Å². The molecule has 0 radical (unpaired) electrons. The van der Waals surface area contributed by atoms with E-state index < -0.39 is 0 Å². The lowest BCUT2D eigenvalue weighted by molar-refractivity contribution is 0.168. The second-order valence-electron chi connectivity index (χ2n) is 3.54. The minimum atomic E-state index is -0.294. The van der Waals surface area contributed by atoms with Gasteiger partial charge in [-0.25, -0.2) is 4.98 Å². The topological polar surface area (TPSA) is 50.9 Å². The quantitative estimate of drug-likeness (QED) is 0.766. The summed E-state index contributed by atoms with van der Waals surface area (Å²) < 4.78 is 1.88. The number of aliphatic hydroxyl groups is 1. The van der Waals surface area contributed by atoms with Crippen LogP contribution in [0.2, 0.25) is 0 Å². The van der Waals surface area contributed by atoms with Gasteiger partial charge >= 0.3 is 0 Å². The zero-order chi connectivity index (χ0) is 11.1. The zero-order valence-corrected chi connectivity index (χ0v) is 10.2. The van der Waals surface area contributed by atoms with E-state index in [9.17, 15) is 5.11 Å². The summed E-state index contributed by atoms with van der Waals surface area (Å²) >= 11 is 1.75. The Kier molecular flexibility index (Phi) is 5.71. The van der Waals surface area contributed by atoms with E-state index in [1.54, 1.807) is 18.1 Å². The fraction of sp³-hybridized carbons (Fsp3) is 0.800.